The molecule has 24 heavy (non-hydrogen) atoms. The van der Waals surface area contributed by atoms with E-state index in [1.54, 1.807) is 12.1 Å². The van der Waals surface area contributed by atoms with Gasteiger partial charge in [0.2, 0.25) is 10.0 Å². The van der Waals surface area contributed by atoms with Crippen LogP contribution < -0.4 is 4.72 Å². The van der Waals surface area contributed by atoms with Gasteiger partial charge in [0.05, 0.1) is 4.90 Å². The lowest BCUT2D eigenvalue weighted by atomic mass is 10.1. The SMILES string of the molecule is CCN1CCCC1CNS(=O)(=O)c1ccccc1-c1ccccc1. The third-order valence-corrected chi connectivity index (χ3v) is 6.16. The van der Waals surface area contributed by atoms with Gasteiger partial charge in [0.15, 0.2) is 0 Å². The number of sulfonamides is 1. The van der Waals surface area contributed by atoms with E-state index in [9.17, 15) is 8.42 Å². The van der Waals surface area contributed by atoms with Gasteiger partial charge in [-0.25, -0.2) is 13.1 Å². The summed E-state index contributed by atoms with van der Waals surface area (Å²) >= 11 is 0. The van der Waals surface area contributed by atoms with Gasteiger partial charge >= 0.3 is 0 Å². The molecule has 2 aromatic carbocycles. The first-order valence-electron chi connectivity index (χ1n) is 8.50. The van der Waals surface area contributed by atoms with Gasteiger partial charge in [-0.05, 0) is 37.6 Å². The van der Waals surface area contributed by atoms with Crippen LogP contribution in [0.2, 0.25) is 0 Å². The highest BCUT2D eigenvalue weighted by Crippen LogP contribution is 2.27. The van der Waals surface area contributed by atoms with Gasteiger partial charge in [0.1, 0.15) is 0 Å². The Kier molecular flexibility index (Phi) is 5.33. The molecule has 0 aliphatic carbocycles. The van der Waals surface area contributed by atoms with Crippen molar-refractivity contribution >= 4 is 10.0 Å². The van der Waals surface area contributed by atoms with E-state index in [4.69, 9.17) is 0 Å². The molecule has 0 saturated carbocycles. The van der Waals surface area contributed by atoms with E-state index in [2.05, 4.69) is 16.5 Å². The van der Waals surface area contributed by atoms with E-state index in [0.29, 0.717) is 17.5 Å². The smallest absolute Gasteiger partial charge is 0.241 e. The molecule has 2 aromatic rings. The van der Waals surface area contributed by atoms with Crippen LogP contribution in [0.4, 0.5) is 0 Å². The molecule has 1 heterocycles. The molecule has 1 aliphatic rings. The van der Waals surface area contributed by atoms with Crippen molar-refractivity contribution in [1.29, 1.82) is 0 Å². The normalized spacial score (nSPS) is 18.8. The van der Waals surface area contributed by atoms with E-state index >= 15 is 0 Å². The van der Waals surface area contributed by atoms with E-state index < -0.39 is 10.0 Å². The van der Waals surface area contributed by atoms with Crippen LogP contribution in [0.15, 0.2) is 59.5 Å². The van der Waals surface area contributed by atoms with E-state index in [0.717, 1.165) is 37.1 Å². The highest BCUT2D eigenvalue weighted by molar-refractivity contribution is 7.89. The Morgan fingerprint density at radius 3 is 2.54 bits per heavy atom. The van der Waals surface area contributed by atoms with E-state index in [1.165, 1.54) is 0 Å². The Bertz CT molecular complexity index is 775. The minimum absolute atomic E-state index is 0.300. The molecular weight excluding hydrogens is 320 g/mol. The van der Waals surface area contributed by atoms with Crippen LogP contribution in [0.3, 0.4) is 0 Å². The molecule has 0 radical (unpaired) electrons. The number of likely N-dealkylation sites (tertiary alicyclic amines) is 1. The molecule has 1 unspecified atom stereocenters. The Balaban J connectivity index is 1.83. The fourth-order valence-electron chi connectivity index (χ4n) is 3.38. The number of nitrogens with one attached hydrogen (secondary N) is 1. The fraction of sp³-hybridized carbons (Fsp3) is 0.368. The zero-order chi connectivity index (χ0) is 17.0. The zero-order valence-electron chi connectivity index (χ0n) is 14.0. The summed E-state index contributed by atoms with van der Waals surface area (Å²) in [6.45, 7) is 4.62. The van der Waals surface area contributed by atoms with Gasteiger partial charge in [-0.1, -0.05) is 55.5 Å². The molecule has 128 valence electrons. The van der Waals surface area contributed by atoms with Crippen molar-refractivity contribution in [3.8, 4) is 11.1 Å². The van der Waals surface area contributed by atoms with Crippen molar-refractivity contribution in [2.75, 3.05) is 19.6 Å². The third kappa shape index (κ3) is 3.69. The van der Waals surface area contributed by atoms with E-state index in [-0.39, 0.29) is 0 Å². The summed E-state index contributed by atoms with van der Waals surface area (Å²) in [6.07, 6.45) is 2.19. The quantitative estimate of drug-likeness (QED) is 0.876. The van der Waals surface area contributed by atoms with Crippen LogP contribution in [0.5, 0.6) is 0 Å². The lowest BCUT2D eigenvalue weighted by molar-refractivity contribution is 0.268. The summed E-state index contributed by atoms with van der Waals surface area (Å²) in [5.41, 5.74) is 1.65. The summed E-state index contributed by atoms with van der Waals surface area (Å²) in [6, 6.07) is 17.1. The molecule has 4 nitrogen and oxygen atoms in total. The van der Waals surface area contributed by atoms with Gasteiger partial charge in [0.25, 0.3) is 0 Å². The highest BCUT2D eigenvalue weighted by Gasteiger charge is 2.26. The van der Waals surface area contributed by atoms with Crippen molar-refractivity contribution in [1.82, 2.24) is 9.62 Å². The second-order valence-corrected chi connectivity index (χ2v) is 7.87. The van der Waals surface area contributed by atoms with E-state index in [1.807, 2.05) is 42.5 Å². The maximum Gasteiger partial charge on any atom is 0.241 e. The van der Waals surface area contributed by atoms with Gasteiger partial charge in [-0.3, -0.25) is 4.90 Å². The Hall–Kier alpha value is -1.69. The number of hydrogen-bond acceptors (Lipinski definition) is 3. The maximum atomic E-state index is 12.8. The largest absolute Gasteiger partial charge is 0.299 e. The summed E-state index contributed by atoms with van der Waals surface area (Å²) < 4.78 is 28.5. The fourth-order valence-corrected chi connectivity index (χ4v) is 4.68. The number of rotatable bonds is 6. The Labute approximate surface area is 144 Å². The third-order valence-electron chi connectivity index (χ3n) is 4.68. The van der Waals surface area contributed by atoms with Crippen LogP contribution in [0.1, 0.15) is 19.8 Å². The second kappa shape index (κ2) is 7.47. The summed E-state index contributed by atoms with van der Waals surface area (Å²) in [7, 11) is -3.53. The molecule has 1 fully saturated rings. The van der Waals surface area contributed by atoms with Crippen molar-refractivity contribution < 1.29 is 8.42 Å². The Morgan fingerprint density at radius 2 is 1.79 bits per heavy atom. The van der Waals surface area contributed by atoms with Crippen LogP contribution in [-0.2, 0) is 10.0 Å². The first-order chi connectivity index (χ1) is 11.6. The van der Waals surface area contributed by atoms with Gasteiger partial charge < -0.3 is 0 Å². The topological polar surface area (TPSA) is 49.4 Å². The molecular formula is C19H24N2O2S. The van der Waals surface area contributed by atoms with Crippen molar-refractivity contribution in [2.45, 2.75) is 30.7 Å². The standard InChI is InChI=1S/C19H24N2O2S/c1-2-21-14-8-11-17(21)15-20-24(22,23)19-13-7-6-12-18(19)16-9-4-3-5-10-16/h3-7,9-10,12-13,17,20H,2,8,11,14-15H2,1H3. The molecule has 1 N–H and O–H groups in total. The molecule has 5 heteroatoms. The predicted octanol–water partition coefficient (Wildman–Crippen LogP) is 3.12. The molecule has 0 aromatic heterocycles. The van der Waals surface area contributed by atoms with Gasteiger partial charge in [0, 0.05) is 18.2 Å². The molecule has 0 amide bonds. The average Bonchev–Trinajstić information content (AvgIpc) is 3.08. The average molecular weight is 344 g/mol. The lowest BCUT2D eigenvalue weighted by Gasteiger charge is -2.23. The van der Waals surface area contributed by atoms with Crippen molar-refractivity contribution in [2.24, 2.45) is 0 Å². The molecule has 3 rings (SSSR count). The van der Waals surface area contributed by atoms with Gasteiger partial charge in [-0.2, -0.15) is 0 Å². The minimum Gasteiger partial charge on any atom is -0.299 e. The summed E-state index contributed by atoms with van der Waals surface area (Å²) in [5, 5.41) is 0. The molecule has 1 saturated heterocycles. The molecule has 1 atom stereocenters. The molecule has 1 aliphatic heterocycles. The number of benzene rings is 2. The van der Waals surface area contributed by atoms with Crippen LogP contribution in [0, 0.1) is 0 Å². The van der Waals surface area contributed by atoms with Gasteiger partial charge in [-0.15, -0.1) is 0 Å². The lowest BCUT2D eigenvalue weighted by Crippen LogP contribution is -2.40. The molecule has 0 bridgehead atoms. The van der Waals surface area contributed by atoms with Crippen LogP contribution in [-0.4, -0.2) is 39.0 Å². The first-order valence-corrected chi connectivity index (χ1v) is 9.98. The van der Waals surface area contributed by atoms with Crippen molar-refractivity contribution in [3.05, 3.63) is 54.6 Å². The predicted molar refractivity (Wildman–Crippen MR) is 97.3 cm³/mol. The minimum atomic E-state index is -3.53. The van der Waals surface area contributed by atoms with Crippen molar-refractivity contribution in [3.63, 3.8) is 0 Å². The summed E-state index contributed by atoms with van der Waals surface area (Å²) in [5.74, 6) is 0. The molecule has 0 spiro atoms. The number of hydrogen-bond donors (Lipinski definition) is 1. The number of likely N-dealkylation sites (N-methyl/N-ethyl adjacent to an activating group) is 1. The Morgan fingerprint density at radius 1 is 1.08 bits per heavy atom. The number of nitrogens with zero attached hydrogens (tertiary/aromatic N) is 1. The monoisotopic (exact) mass is 344 g/mol. The summed E-state index contributed by atoms with van der Waals surface area (Å²) in [4.78, 5) is 2.68. The first kappa shape index (κ1) is 17.1. The van der Waals surface area contributed by atoms with Crippen LogP contribution >= 0.6 is 0 Å². The second-order valence-electron chi connectivity index (χ2n) is 6.14. The van der Waals surface area contributed by atoms with Crippen LogP contribution in [0.25, 0.3) is 11.1 Å². The maximum absolute atomic E-state index is 12.8. The zero-order valence-corrected chi connectivity index (χ0v) is 14.8. The highest BCUT2D eigenvalue weighted by atomic mass is 32.2.